The molecular weight excluding hydrogens is 651 g/mol. The van der Waals surface area contributed by atoms with Crippen LogP contribution in [-0.4, -0.2) is 43.0 Å². The molecule has 3 aromatic carbocycles. The molecule has 0 saturated heterocycles. The largest absolute Gasteiger partial charge is 0.464 e. The summed E-state index contributed by atoms with van der Waals surface area (Å²) < 4.78 is 5.61. The molecule has 0 radical (unpaired) electrons. The lowest BCUT2D eigenvalue weighted by Gasteiger charge is -2.23. The number of amides is 1. The zero-order chi connectivity index (χ0) is 37.5. The molecule has 1 aliphatic rings. The first kappa shape index (κ1) is 38.7. The minimum Gasteiger partial charge on any atom is -0.464 e. The van der Waals surface area contributed by atoms with Crippen molar-refractivity contribution in [1.29, 1.82) is 5.26 Å². The van der Waals surface area contributed by atoms with Gasteiger partial charge in [-0.15, -0.1) is 0 Å². The van der Waals surface area contributed by atoms with Gasteiger partial charge >= 0.3 is 5.97 Å². The lowest BCUT2D eigenvalue weighted by molar-refractivity contribution is -0.148. The van der Waals surface area contributed by atoms with Crippen LogP contribution in [0.4, 0.5) is 17.1 Å². The minimum absolute atomic E-state index is 0.0248. The van der Waals surface area contributed by atoms with E-state index in [-0.39, 0.29) is 40.5 Å². The Morgan fingerprint density at radius 1 is 0.885 bits per heavy atom. The number of ether oxygens (including phenoxy) is 1. The molecule has 10 heteroatoms. The molecule has 0 saturated carbocycles. The summed E-state index contributed by atoms with van der Waals surface area (Å²) in [4.78, 5) is 36.4. The van der Waals surface area contributed by atoms with Gasteiger partial charge in [0.15, 0.2) is 0 Å². The number of likely N-dealkylation sites (N-methyl/N-ethyl adjacent to an activating group) is 1. The first-order valence-electron chi connectivity index (χ1n) is 17.9. The Morgan fingerprint density at radius 3 is 1.98 bits per heavy atom. The molecule has 10 nitrogen and oxygen atoms in total. The van der Waals surface area contributed by atoms with Crippen molar-refractivity contribution in [3.63, 3.8) is 0 Å². The van der Waals surface area contributed by atoms with E-state index in [0.29, 0.717) is 43.1 Å². The summed E-state index contributed by atoms with van der Waals surface area (Å²) in [6.45, 7) is 25.5. The SMILES string of the molecule is [C-]#[N+]C1=C(c2ccc(-c3ccc(N=Nc4ccc(N(CC)CCOC(=O)C(CC)CCCC)cc4)cc3)cc2)C(=O)N(CCCC)/C1=C(\C#N)[N+]#[C-]. The van der Waals surface area contributed by atoms with Gasteiger partial charge in [-0.05, 0) is 79.3 Å². The van der Waals surface area contributed by atoms with E-state index in [1.165, 1.54) is 4.90 Å². The van der Waals surface area contributed by atoms with Gasteiger partial charge in [0, 0.05) is 18.8 Å². The smallest absolute Gasteiger partial charge is 0.308 e. The van der Waals surface area contributed by atoms with E-state index >= 15 is 0 Å². The topological polar surface area (TPSA) is 107 Å². The Morgan fingerprint density at radius 2 is 1.46 bits per heavy atom. The quantitative estimate of drug-likeness (QED) is 0.0605. The van der Waals surface area contributed by atoms with Crippen LogP contribution in [0.5, 0.6) is 0 Å². The summed E-state index contributed by atoms with van der Waals surface area (Å²) >= 11 is 0. The number of allylic oxidation sites excluding steroid dienone is 1. The predicted molar refractivity (Wildman–Crippen MR) is 204 cm³/mol. The number of anilines is 1. The third kappa shape index (κ3) is 9.38. The Balaban J connectivity index is 1.40. The summed E-state index contributed by atoms with van der Waals surface area (Å²) in [7, 11) is 0. The van der Waals surface area contributed by atoms with Crippen LogP contribution in [0, 0.1) is 30.4 Å². The summed E-state index contributed by atoms with van der Waals surface area (Å²) in [5.74, 6) is -0.494. The van der Waals surface area contributed by atoms with Gasteiger partial charge in [-0.1, -0.05) is 76.4 Å². The van der Waals surface area contributed by atoms with Crippen LogP contribution in [-0.2, 0) is 14.3 Å². The van der Waals surface area contributed by atoms with Crippen molar-refractivity contribution in [2.75, 3.05) is 31.1 Å². The van der Waals surface area contributed by atoms with E-state index in [0.717, 1.165) is 55.5 Å². The van der Waals surface area contributed by atoms with Gasteiger partial charge < -0.3 is 14.5 Å². The van der Waals surface area contributed by atoms with E-state index < -0.39 is 0 Å². The van der Waals surface area contributed by atoms with Crippen molar-refractivity contribution < 1.29 is 14.3 Å². The molecule has 0 aromatic heterocycles. The molecule has 52 heavy (non-hydrogen) atoms. The molecule has 0 fully saturated rings. The van der Waals surface area contributed by atoms with Crippen molar-refractivity contribution in [3.05, 3.63) is 118 Å². The molecule has 0 bridgehead atoms. The number of esters is 1. The van der Waals surface area contributed by atoms with Crippen LogP contribution in [0.25, 0.3) is 26.4 Å². The molecule has 1 amide bonds. The van der Waals surface area contributed by atoms with Crippen molar-refractivity contribution in [3.8, 4) is 17.2 Å². The Bertz CT molecular complexity index is 1910. The lowest BCUT2D eigenvalue weighted by Crippen LogP contribution is -2.29. The van der Waals surface area contributed by atoms with E-state index in [9.17, 15) is 14.9 Å². The van der Waals surface area contributed by atoms with Crippen LogP contribution in [0.3, 0.4) is 0 Å². The maximum Gasteiger partial charge on any atom is 0.308 e. The van der Waals surface area contributed by atoms with Crippen molar-refractivity contribution in [2.24, 2.45) is 16.1 Å². The molecule has 1 atom stereocenters. The highest BCUT2D eigenvalue weighted by molar-refractivity contribution is 6.25. The molecule has 266 valence electrons. The zero-order valence-electron chi connectivity index (χ0n) is 30.4. The third-order valence-electron chi connectivity index (χ3n) is 9.07. The van der Waals surface area contributed by atoms with Crippen molar-refractivity contribution in [2.45, 2.75) is 66.2 Å². The highest BCUT2D eigenvalue weighted by atomic mass is 16.5. The van der Waals surface area contributed by atoms with E-state index in [4.69, 9.17) is 17.9 Å². The van der Waals surface area contributed by atoms with Crippen molar-refractivity contribution >= 4 is 34.5 Å². The number of hydrogen-bond acceptors (Lipinski definition) is 7. The van der Waals surface area contributed by atoms with Gasteiger partial charge in [0.25, 0.3) is 5.70 Å². The normalized spacial score (nSPS) is 14.2. The second kappa shape index (κ2) is 19.4. The van der Waals surface area contributed by atoms with Crippen LogP contribution < -0.4 is 4.90 Å². The van der Waals surface area contributed by atoms with E-state index in [1.54, 1.807) is 12.1 Å². The van der Waals surface area contributed by atoms with Crippen LogP contribution in [0.15, 0.2) is 100 Å². The minimum atomic E-state index is -0.369. The molecular formula is C42H45N7O3. The molecule has 0 N–H and O–H groups in total. The highest BCUT2D eigenvalue weighted by Crippen LogP contribution is 2.39. The molecule has 0 aliphatic carbocycles. The van der Waals surface area contributed by atoms with E-state index in [1.807, 2.05) is 80.6 Å². The number of benzene rings is 3. The second-order valence-corrected chi connectivity index (χ2v) is 12.4. The van der Waals surface area contributed by atoms with Gasteiger partial charge in [0.05, 0.1) is 54.3 Å². The van der Waals surface area contributed by atoms with Crippen LogP contribution in [0.1, 0.15) is 71.8 Å². The molecule has 1 heterocycles. The number of azo groups is 1. The van der Waals surface area contributed by atoms with Gasteiger partial charge in [-0.25, -0.2) is 15.0 Å². The van der Waals surface area contributed by atoms with Crippen LogP contribution >= 0.6 is 0 Å². The number of unbranched alkanes of at least 4 members (excludes halogenated alkanes) is 2. The number of carbonyl (C=O) groups is 2. The fourth-order valence-electron chi connectivity index (χ4n) is 6.03. The number of rotatable bonds is 17. The monoisotopic (exact) mass is 695 g/mol. The summed E-state index contributed by atoms with van der Waals surface area (Å²) in [6, 6.07) is 24.7. The third-order valence-corrected chi connectivity index (χ3v) is 9.07. The maximum atomic E-state index is 13.5. The first-order valence-corrected chi connectivity index (χ1v) is 17.9. The number of nitrogens with zero attached hydrogens (tertiary/aromatic N) is 7. The highest BCUT2D eigenvalue weighted by Gasteiger charge is 2.38. The summed E-state index contributed by atoms with van der Waals surface area (Å²) in [5, 5.41) is 18.4. The Kier molecular flexibility index (Phi) is 14.4. The molecule has 1 aliphatic heterocycles. The van der Waals surface area contributed by atoms with Gasteiger partial charge in [-0.2, -0.15) is 10.2 Å². The molecule has 0 spiro atoms. The Hall–Kier alpha value is -6.05. The van der Waals surface area contributed by atoms with E-state index in [2.05, 4.69) is 38.7 Å². The average Bonchev–Trinajstić information content (AvgIpc) is 3.46. The number of carbonyl (C=O) groups excluding carboxylic acids is 2. The Labute approximate surface area is 307 Å². The molecule has 3 aromatic rings. The number of hydrogen-bond donors (Lipinski definition) is 0. The standard InChI is InChI=1S/C42H45N7O3/c1-7-11-13-30(9-3)42(51)52-28-27-48(10-4)36-24-22-35(23-25-36)47-46-34-20-18-32(19-21-34)31-14-16-33(17-15-31)38-39(45-6)40(37(29-43)44-5)49(41(38)50)26-12-8-2/h14-25,30H,7-13,26-28H2,1-4H3/b40-37+,47-46?. The first-order chi connectivity index (χ1) is 25.3. The molecule has 1 unspecified atom stereocenters. The fraction of sp³-hybridized carbons (Fsp3) is 0.357. The fourth-order valence-corrected chi connectivity index (χ4v) is 6.03. The van der Waals surface area contributed by atoms with Gasteiger partial charge in [0.1, 0.15) is 6.61 Å². The number of nitriles is 1. The van der Waals surface area contributed by atoms with Crippen molar-refractivity contribution in [1.82, 2.24) is 4.90 Å². The lowest BCUT2D eigenvalue weighted by atomic mass is 9.99. The average molecular weight is 696 g/mol. The maximum absolute atomic E-state index is 13.5. The molecule has 4 rings (SSSR count). The summed E-state index contributed by atoms with van der Waals surface area (Å²) in [5.41, 5.74) is 4.92. The summed E-state index contributed by atoms with van der Waals surface area (Å²) in [6.07, 6.45) is 5.29. The zero-order valence-corrected chi connectivity index (χ0v) is 30.4. The predicted octanol–water partition coefficient (Wildman–Crippen LogP) is 10.3. The van der Waals surface area contributed by atoms with Gasteiger partial charge in [0.2, 0.25) is 11.6 Å². The van der Waals surface area contributed by atoms with Gasteiger partial charge in [-0.3, -0.25) is 9.59 Å². The second-order valence-electron chi connectivity index (χ2n) is 12.4. The van der Waals surface area contributed by atoms with Crippen LogP contribution in [0.2, 0.25) is 0 Å².